The van der Waals surface area contributed by atoms with Crippen LogP contribution in [-0.4, -0.2) is 38.2 Å². The van der Waals surface area contributed by atoms with Crippen LogP contribution in [0.5, 0.6) is 0 Å². The maximum Gasteiger partial charge on any atom is 0.244 e. The third-order valence-electron chi connectivity index (χ3n) is 3.84. The Morgan fingerprint density at radius 1 is 1.41 bits per heavy atom. The first-order valence-corrected chi connectivity index (χ1v) is 7.07. The van der Waals surface area contributed by atoms with Crippen molar-refractivity contribution >= 4 is 24.0 Å². The molecule has 1 aromatic heterocycles. The van der Waals surface area contributed by atoms with Crippen molar-refractivity contribution in [3.63, 3.8) is 0 Å². The van der Waals surface area contributed by atoms with Crippen LogP contribution in [0.2, 0.25) is 0 Å². The van der Waals surface area contributed by atoms with Gasteiger partial charge >= 0.3 is 0 Å². The lowest BCUT2D eigenvalue weighted by Gasteiger charge is -2.33. The lowest BCUT2D eigenvalue weighted by Crippen LogP contribution is -2.54. The third kappa shape index (κ3) is 3.42. The average molecular weight is 323 g/mol. The highest BCUT2D eigenvalue weighted by atomic mass is 35.5. The first-order valence-electron chi connectivity index (χ1n) is 7.07. The Morgan fingerprint density at radius 3 is 2.95 bits per heavy atom. The zero-order valence-corrected chi connectivity index (χ0v) is 13.1. The minimum Gasteiger partial charge on any atom is -0.324 e. The van der Waals surface area contributed by atoms with Crippen LogP contribution in [0.1, 0.15) is 26.2 Å². The van der Waals surface area contributed by atoms with Gasteiger partial charge in [0, 0.05) is 5.69 Å². The molecule has 22 heavy (non-hydrogen) atoms. The van der Waals surface area contributed by atoms with Crippen LogP contribution >= 0.6 is 12.4 Å². The molecule has 2 aromatic rings. The molecule has 118 valence electrons. The highest BCUT2D eigenvalue weighted by Crippen LogP contribution is 2.21. The molecule has 1 aliphatic rings. The largest absolute Gasteiger partial charge is 0.324 e. The lowest BCUT2D eigenvalue weighted by atomic mass is 9.90. The van der Waals surface area contributed by atoms with Crippen molar-refractivity contribution in [3.05, 3.63) is 30.6 Å². The number of nitrogens with zero attached hydrogens (tertiary/aromatic N) is 4. The Kier molecular flexibility index (Phi) is 5.10. The number of benzene rings is 1. The average Bonchev–Trinajstić information content (AvgIpc) is 3.02. The molecule has 1 unspecified atom stereocenters. The van der Waals surface area contributed by atoms with Crippen molar-refractivity contribution in [2.24, 2.45) is 0 Å². The van der Waals surface area contributed by atoms with Crippen molar-refractivity contribution in [1.29, 1.82) is 0 Å². The van der Waals surface area contributed by atoms with Gasteiger partial charge in [0.2, 0.25) is 5.91 Å². The summed E-state index contributed by atoms with van der Waals surface area (Å²) >= 11 is 0. The van der Waals surface area contributed by atoms with Gasteiger partial charge < -0.3 is 10.6 Å². The van der Waals surface area contributed by atoms with E-state index in [0.717, 1.165) is 37.2 Å². The quantitative estimate of drug-likeness (QED) is 0.895. The molecule has 0 saturated carbocycles. The van der Waals surface area contributed by atoms with Gasteiger partial charge in [-0.2, -0.15) is 0 Å². The number of rotatable bonds is 3. The topological polar surface area (TPSA) is 84.7 Å². The molecule has 2 N–H and O–H groups in total. The predicted molar refractivity (Wildman–Crippen MR) is 85.3 cm³/mol. The van der Waals surface area contributed by atoms with Crippen molar-refractivity contribution in [3.8, 4) is 5.69 Å². The number of carbonyl (C=O) groups is 1. The normalized spacial score (nSPS) is 21.0. The summed E-state index contributed by atoms with van der Waals surface area (Å²) in [6.07, 6.45) is 4.57. The smallest absolute Gasteiger partial charge is 0.244 e. The van der Waals surface area contributed by atoms with Crippen LogP contribution in [0, 0.1) is 0 Å². The fraction of sp³-hybridized carbons (Fsp3) is 0.429. The first kappa shape index (κ1) is 16.4. The molecule has 7 nitrogen and oxygen atoms in total. The summed E-state index contributed by atoms with van der Waals surface area (Å²) in [5.41, 5.74) is 1.05. The number of halogens is 1. The molecule has 3 rings (SSSR count). The van der Waals surface area contributed by atoms with Crippen LogP contribution in [0.15, 0.2) is 30.6 Å². The predicted octanol–water partition coefficient (Wildman–Crippen LogP) is 1.55. The van der Waals surface area contributed by atoms with Gasteiger partial charge in [-0.1, -0.05) is 6.07 Å². The molecule has 0 radical (unpaired) electrons. The SMILES string of the molecule is CC1(C(=O)Nc2cccc(-n3cnnn3)c2)CCCCN1.Cl. The number of nitrogens with one attached hydrogen (secondary N) is 2. The van der Waals surface area contributed by atoms with Gasteiger partial charge in [-0.25, -0.2) is 4.68 Å². The summed E-state index contributed by atoms with van der Waals surface area (Å²) < 4.78 is 1.55. The van der Waals surface area contributed by atoms with Crippen LogP contribution < -0.4 is 10.6 Å². The molecular weight excluding hydrogens is 304 g/mol. The molecule has 8 heteroatoms. The number of carbonyl (C=O) groups excluding carboxylic acids is 1. The Morgan fingerprint density at radius 2 is 2.27 bits per heavy atom. The van der Waals surface area contributed by atoms with E-state index in [1.165, 1.54) is 6.33 Å². The zero-order chi connectivity index (χ0) is 14.7. The van der Waals surface area contributed by atoms with Gasteiger partial charge in [0.15, 0.2) is 0 Å². The van der Waals surface area contributed by atoms with E-state index < -0.39 is 5.54 Å². The Bertz CT molecular complexity index is 624. The van der Waals surface area contributed by atoms with E-state index in [1.807, 2.05) is 31.2 Å². The fourth-order valence-electron chi connectivity index (χ4n) is 2.52. The number of anilines is 1. The summed E-state index contributed by atoms with van der Waals surface area (Å²) in [4.78, 5) is 12.5. The fourth-order valence-corrected chi connectivity index (χ4v) is 2.52. The first-order chi connectivity index (χ1) is 10.2. The van der Waals surface area contributed by atoms with E-state index in [1.54, 1.807) is 4.68 Å². The summed E-state index contributed by atoms with van der Waals surface area (Å²) in [5, 5.41) is 17.3. The van der Waals surface area contributed by atoms with E-state index in [9.17, 15) is 4.79 Å². The summed E-state index contributed by atoms with van der Waals surface area (Å²) in [5.74, 6) is -0.00364. The summed E-state index contributed by atoms with van der Waals surface area (Å²) in [6.45, 7) is 2.83. The number of hydrogen-bond acceptors (Lipinski definition) is 5. The monoisotopic (exact) mass is 322 g/mol. The molecule has 0 spiro atoms. The van der Waals surface area contributed by atoms with E-state index in [4.69, 9.17) is 0 Å². The van der Waals surface area contributed by atoms with Crippen LogP contribution in [-0.2, 0) is 4.79 Å². The minimum atomic E-state index is -0.497. The highest BCUT2D eigenvalue weighted by molar-refractivity contribution is 5.98. The zero-order valence-electron chi connectivity index (χ0n) is 12.3. The van der Waals surface area contributed by atoms with Crippen LogP contribution in [0.4, 0.5) is 5.69 Å². The number of piperidine rings is 1. The standard InChI is InChI=1S/C14H18N6O.ClH/c1-14(7-2-3-8-15-14)13(21)17-11-5-4-6-12(9-11)20-10-16-18-19-20;/h4-6,9-10,15H,2-3,7-8H2,1H3,(H,17,21);1H. The van der Waals surface area contributed by atoms with Gasteiger partial charge in [-0.05, 0) is 61.4 Å². The minimum absolute atomic E-state index is 0. The van der Waals surface area contributed by atoms with Crippen molar-refractivity contribution < 1.29 is 4.79 Å². The third-order valence-corrected chi connectivity index (χ3v) is 3.84. The van der Waals surface area contributed by atoms with Crippen LogP contribution in [0.25, 0.3) is 5.69 Å². The number of amides is 1. The maximum atomic E-state index is 12.5. The van der Waals surface area contributed by atoms with Crippen LogP contribution in [0.3, 0.4) is 0 Å². The summed E-state index contributed by atoms with van der Waals surface area (Å²) in [7, 11) is 0. The van der Waals surface area contributed by atoms with E-state index in [-0.39, 0.29) is 18.3 Å². The molecule has 1 aliphatic heterocycles. The second-order valence-electron chi connectivity index (χ2n) is 5.47. The molecule has 1 atom stereocenters. The molecule has 1 aromatic carbocycles. The molecule has 0 aliphatic carbocycles. The van der Waals surface area contributed by atoms with E-state index in [2.05, 4.69) is 26.2 Å². The molecule has 0 bridgehead atoms. The lowest BCUT2D eigenvalue weighted by molar-refractivity contribution is -0.122. The van der Waals surface area contributed by atoms with Gasteiger partial charge in [0.25, 0.3) is 0 Å². The second-order valence-corrected chi connectivity index (χ2v) is 5.47. The van der Waals surface area contributed by atoms with Crippen molar-refractivity contribution in [2.45, 2.75) is 31.7 Å². The Hall–Kier alpha value is -1.99. The van der Waals surface area contributed by atoms with Crippen molar-refractivity contribution in [1.82, 2.24) is 25.5 Å². The van der Waals surface area contributed by atoms with E-state index in [0.29, 0.717) is 0 Å². The molecule has 2 heterocycles. The molecule has 1 saturated heterocycles. The Balaban J connectivity index is 0.00000176. The van der Waals surface area contributed by atoms with Crippen molar-refractivity contribution in [2.75, 3.05) is 11.9 Å². The molecular formula is C14H19ClN6O. The molecule has 1 fully saturated rings. The molecule has 1 amide bonds. The van der Waals surface area contributed by atoms with E-state index >= 15 is 0 Å². The van der Waals surface area contributed by atoms with Gasteiger partial charge in [-0.15, -0.1) is 17.5 Å². The maximum absolute atomic E-state index is 12.5. The second kappa shape index (κ2) is 6.85. The van der Waals surface area contributed by atoms with Gasteiger partial charge in [-0.3, -0.25) is 4.79 Å². The number of aromatic nitrogens is 4. The highest BCUT2D eigenvalue weighted by Gasteiger charge is 2.34. The summed E-state index contributed by atoms with van der Waals surface area (Å²) in [6, 6.07) is 7.45. The van der Waals surface area contributed by atoms with Gasteiger partial charge in [0.05, 0.1) is 11.2 Å². The number of hydrogen-bond donors (Lipinski definition) is 2. The van der Waals surface area contributed by atoms with Gasteiger partial charge in [0.1, 0.15) is 6.33 Å². The Labute approximate surface area is 134 Å². The number of tetrazole rings is 1.